The van der Waals surface area contributed by atoms with E-state index < -0.39 is 9.84 Å². The number of hydrogen-bond donors (Lipinski definition) is 2. The maximum absolute atomic E-state index is 13.2. The lowest BCUT2D eigenvalue weighted by Crippen LogP contribution is -2.46. The fourth-order valence-electron chi connectivity index (χ4n) is 6.30. The number of nitrogens with one attached hydrogen (secondary N) is 1. The third-order valence-corrected chi connectivity index (χ3v) is 9.23. The molecule has 5 aromatic rings. The number of sulfone groups is 1. The number of aryl methyl sites for hydroxylation is 1. The van der Waals surface area contributed by atoms with Crippen molar-refractivity contribution in [2.24, 2.45) is 7.05 Å². The molecule has 2 unspecified atom stereocenters. The molecule has 2 atom stereocenters. The molecular weight excluding hydrogens is 546 g/mol. The number of pyridine rings is 1. The molecule has 2 bridgehead atoms. The summed E-state index contributed by atoms with van der Waals surface area (Å²) in [6.45, 7) is 0. The number of aromatic nitrogens is 9. The quantitative estimate of drug-likeness (QED) is 0.315. The summed E-state index contributed by atoms with van der Waals surface area (Å²) < 4.78 is 29.2. The molecule has 15 heteroatoms. The van der Waals surface area contributed by atoms with Crippen LogP contribution in [-0.2, 0) is 16.9 Å². The molecule has 210 valence electrons. The number of aromatic amines is 1. The number of nitrogens with two attached hydrogens (primary N) is 1. The van der Waals surface area contributed by atoms with Gasteiger partial charge in [0, 0.05) is 54.8 Å². The Morgan fingerprint density at radius 1 is 1.07 bits per heavy atom. The summed E-state index contributed by atoms with van der Waals surface area (Å²) in [7, 11) is -1.90. The van der Waals surface area contributed by atoms with Gasteiger partial charge in [-0.25, -0.2) is 13.4 Å². The summed E-state index contributed by atoms with van der Waals surface area (Å²) in [5, 5.41) is 19.0. The molecule has 7 heterocycles. The number of amides is 1. The van der Waals surface area contributed by atoms with Crippen LogP contribution in [0.2, 0.25) is 0 Å². The lowest BCUT2D eigenvalue weighted by molar-refractivity contribution is 0.0562. The highest BCUT2D eigenvalue weighted by Gasteiger charge is 2.46. The lowest BCUT2D eigenvalue weighted by atomic mass is 9.87. The van der Waals surface area contributed by atoms with Gasteiger partial charge in [-0.3, -0.25) is 14.5 Å². The predicted octanol–water partition coefficient (Wildman–Crippen LogP) is 1.85. The number of nitrogens with zero attached hydrogens (tertiary/aromatic N) is 9. The minimum absolute atomic E-state index is 0.0102. The molecule has 0 aliphatic carbocycles. The van der Waals surface area contributed by atoms with Crippen molar-refractivity contribution < 1.29 is 13.2 Å². The van der Waals surface area contributed by atoms with Crippen molar-refractivity contribution >= 4 is 27.2 Å². The van der Waals surface area contributed by atoms with E-state index in [1.54, 1.807) is 17.1 Å². The van der Waals surface area contributed by atoms with Crippen LogP contribution in [0.1, 0.15) is 47.8 Å². The Morgan fingerprint density at radius 3 is 2.46 bits per heavy atom. The van der Waals surface area contributed by atoms with Crippen LogP contribution in [0.3, 0.4) is 0 Å². The molecule has 41 heavy (non-hydrogen) atoms. The minimum Gasteiger partial charge on any atom is -0.382 e. The Morgan fingerprint density at radius 2 is 1.85 bits per heavy atom. The van der Waals surface area contributed by atoms with Crippen LogP contribution < -0.4 is 5.73 Å². The zero-order valence-electron chi connectivity index (χ0n) is 22.3. The van der Waals surface area contributed by atoms with Gasteiger partial charge in [0.2, 0.25) is 0 Å². The molecule has 2 fully saturated rings. The van der Waals surface area contributed by atoms with Gasteiger partial charge in [0.25, 0.3) is 5.91 Å². The summed E-state index contributed by atoms with van der Waals surface area (Å²) in [4.78, 5) is 24.5. The van der Waals surface area contributed by atoms with Gasteiger partial charge in [-0.05, 0) is 37.8 Å². The second-order valence-corrected chi connectivity index (χ2v) is 12.7. The second-order valence-electron chi connectivity index (χ2n) is 10.7. The van der Waals surface area contributed by atoms with E-state index in [0.29, 0.717) is 29.7 Å². The standard InChI is InChI=1S/C26H27N11O3S/c1-35-8-7-20(33-35)19-6-3-14(11-28-19)18-12-30-37-24(27)23(41(2,39)40)22(31-25(18)37)15-9-16-4-5-17(10-15)36(16)26(38)21-13-29-34-32-21/h3,6-8,11-13,15-17H,4-5,9-10,27H2,1-2H3,(H,29,32,34). The maximum atomic E-state index is 13.2. The predicted molar refractivity (Wildman–Crippen MR) is 147 cm³/mol. The Bertz CT molecular complexity index is 1880. The summed E-state index contributed by atoms with van der Waals surface area (Å²) >= 11 is 0. The molecule has 2 aliphatic heterocycles. The van der Waals surface area contributed by atoms with Crippen molar-refractivity contribution in [2.75, 3.05) is 12.0 Å². The number of anilines is 1. The third kappa shape index (κ3) is 4.15. The van der Waals surface area contributed by atoms with Crippen molar-refractivity contribution in [1.29, 1.82) is 0 Å². The Balaban J connectivity index is 1.28. The van der Waals surface area contributed by atoms with Gasteiger partial charge in [-0.15, -0.1) is 0 Å². The largest absolute Gasteiger partial charge is 0.382 e. The van der Waals surface area contributed by atoms with Crippen LogP contribution in [-0.4, -0.2) is 82.3 Å². The number of carbonyl (C=O) groups is 1. The number of piperidine rings is 1. The van der Waals surface area contributed by atoms with Crippen LogP contribution in [0.15, 0.2) is 47.9 Å². The average molecular weight is 574 g/mol. The van der Waals surface area contributed by atoms with Gasteiger partial charge in [0.15, 0.2) is 21.2 Å². The molecule has 3 N–H and O–H groups in total. The van der Waals surface area contributed by atoms with Gasteiger partial charge in [-0.1, -0.05) is 6.07 Å². The zero-order valence-corrected chi connectivity index (χ0v) is 23.2. The van der Waals surface area contributed by atoms with Crippen molar-refractivity contribution in [3.8, 4) is 22.5 Å². The van der Waals surface area contributed by atoms with Crippen LogP contribution in [0.25, 0.3) is 28.2 Å². The molecule has 1 amide bonds. The molecule has 0 saturated carbocycles. The van der Waals surface area contributed by atoms with Gasteiger partial charge in [0.1, 0.15) is 16.4 Å². The van der Waals surface area contributed by atoms with Gasteiger partial charge in [-0.2, -0.15) is 30.1 Å². The van der Waals surface area contributed by atoms with Crippen molar-refractivity contribution in [1.82, 2.24) is 49.7 Å². The van der Waals surface area contributed by atoms with E-state index in [9.17, 15) is 13.2 Å². The van der Waals surface area contributed by atoms with Gasteiger partial charge >= 0.3 is 0 Å². The first-order valence-electron chi connectivity index (χ1n) is 13.2. The van der Waals surface area contributed by atoms with Crippen LogP contribution in [0.5, 0.6) is 0 Å². The zero-order chi connectivity index (χ0) is 28.5. The number of fused-ring (bicyclic) bond motifs is 3. The lowest BCUT2D eigenvalue weighted by Gasteiger charge is -2.38. The summed E-state index contributed by atoms with van der Waals surface area (Å²) in [5.74, 6) is -0.362. The summed E-state index contributed by atoms with van der Waals surface area (Å²) in [6.07, 6.45) is 10.5. The number of carbonyl (C=O) groups excluding carboxylic acids is 1. The van der Waals surface area contributed by atoms with Gasteiger partial charge in [0.05, 0.1) is 23.8 Å². The fourth-order valence-corrected chi connectivity index (χ4v) is 7.36. The molecule has 5 aromatic heterocycles. The monoisotopic (exact) mass is 573 g/mol. The average Bonchev–Trinajstić information content (AvgIpc) is 3.74. The Hall–Kier alpha value is -4.66. The molecule has 14 nitrogen and oxygen atoms in total. The van der Waals surface area contributed by atoms with E-state index in [2.05, 4.69) is 30.6 Å². The normalized spacial score (nSPS) is 20.6. The number of rotatable bonds is 5. The third-order valence-electron chi connectivity index (χ3n) is 8.07. The summed E-state index contributed by atoms with van der Waals surface area (Å²) in [5.41, 5.74) is 10.6. The summed E-state index contributed by atoms with van der Waals surface area (Å²) in [6, 6.07) is 5.53. The first-order chi connectivity index (χ1) is 19.7. The first-order valence-corrected chi connectivity index (χ1v) is 15.1. The highest BCUT2D eigenvalue weighted by atomic mass is 32.2. The maximum Gasteiger partial charge on any atom is 0.276 e. The molecule has 2 aliphatic rings. The molecule has 0 aromatic carbocycles. The fraction of sp³-hybridized carbons (Fsp3) is 0.346. The Kier molecular flexibility index (Phi) is 5.67. The second kappa shape index (κ2) is 9.19. The van der Waals surface area contributed by atoms with E-state index >= 15 is 0 Å². The van der Waals surface area contributed by atoms with E-state index in [-0.39, 0.29) is 40.3 Å². The molecular formula is C26H27N11O3S. The number of hydrogen-bond acceptors (Lipinski definition) is 10. The van der Waals surface area contributed by atoms with Crippen LogP contribution in [0, 0.1) is 0 Å². The highest BCUT2D eigenvalue weighted by Crippen LogP contribution is 2.45. The van der Waals surface area contributed by atoms with E-state index in [1.807, 2.05) is 36.3 Å². The van der Waals surface area contributed by atoms with Crippen LogP contribution in [0.4, 0.5) is 5.82 Å². The molecule has 0 radical (unpaired) electrons. The highest BCUT2D eigenvalue weighted by molar-refractivity contribution is 7.91. The van der Waals surface area contributed by atoms with E-state index in [1.165, 1.54) is 10.7 Å². The molecule has 2 saturated heterocycles. The Labute approximate surface area is 234 Å². The number of nitrogen functional groups attached to an aromatic ring is 1. The minimum atomic E-state index is -3.75. The van der Waals surface area contributed by atoms with Crippen molar-refractivity contribution in [3.63, 3.8) is 0 Å². The first kappa shape index (κ1) is 25.3. The molecule has 7 rings (SSSR count). The van der Waals surface area contributed by atoms with Crippen molar-refractivity contribution in [2.45, 2.75) is 48.6 Å². The van der Waals surface area contributed by atoms with Crippen molar-refractivity contribution in [3.05, 3.63) is 54.4 Å². The van der Waals surface area contributed by atoms with Gasteiger partial charge < -0.3 is 10.6 Å². The van der Waals surface area contributed by atoms with E-state index in [0.717, 1.165) is 36.0 Å². The van der Waals surface area contributed by atoms with E-state index in [4.69, 9.17) is 10.7 Å². The SMILES string of the molecule is Cn1ccc(-c2ccc(-c3cnn4c(N)c(S(C)(=O)=O)c(C5CC6CCC(C5)N6C(=O)c5cn[nH]n5)nc34)cn2)n1. The topological polar surface area (TPSA) is 183 Å². The van der Waals surface area contributed by atoms with Crippen LogP contribution >= 0.6 is 0 Å². The smallest absolute Gasteiger partial charge is 0.276 e. The number of H-pyrrole nitrogens is 1. The molecule has 0 spiro atoms.